The molecule has 0 bridgehead atoms. The summed E-state index contributed by atoms with van der Waals surface area (Å²) in [6.45, 7) is 2.92. The molecule has 4 rings (SSSR count). The lowest BCUT2D eigenvalue weighted by Gasteiger charge is -2.26. The molecule has 6 nitrogen and oxygen atoms in total. The van der Waals surface area contributed by atoms with E-state index < -0.39 is 17.7 Å². The number of furan rings is 1. The molecule has 1 N–H and O–H groups in total. The van der Waals surface area contributed by atoms with Gasteiger partial charge in [0.2, 0.25) is 5.78 Å². The third-order valence-electron chi connectivity index (χ3n) is 5.41. The van der Waals surface area contributed by atoms with Crippen molar-refractivity contribution in [3.63, 3.8) is 0 Å². The number of ketones is 1. The largest absolute Gasteiger partial charge is 0.503 e. The second kappa shape index (κ2) is 9.87. The highest BCUT2D eigenvalue weighted by molar-refractivity contribution is 7.12. The molecule has 7 heteroatoms. The second-order valence-corrected chi connectivity index (χ2v) is 8.56. The number of aliphatic hydroxyl groups excluding tert-OH is 1. The van der Waals surface area contributed by atoms with Crippen LogP contribution in [0.4, 0.5) is 0 Å². The van der Waals surface area contributed by atoms with Crippen LogP contribution in [0.25, 0.3) is 0 Å². The van der Waals surface area contributed by atoms with E-state index in [0.717, 1.165) is 30.6 Å². The third-order valence-corrected chi connectivity index (χ3v) is 6.28. The van der Waals surface area contributed by atoms with Gasteiger partial charge < -0.3 is 19.2 Å². The highest BCUT2D eigenvalue weighted by Gasteiger charge is 2.44. The van der Waals surface area contributed by atoms with Gasteiger partial charge in [-0.15, -0.1) is 11.3 Å². The highest BCUT2D eigenvalue weighted by Crippen LogP contribution is 2.40. The molecule has 0 spiro atoms. The average Bonchev–Trinajstić information content (AvgIpc) is 3.56. The van der Waals surface area contributed by atoms with Crippen molar-refractivity contribution in [3.8, 4) is 5.75 Å². The Labute approximate surface area is 190 Å². The van der Waals surface area contributed by atoms with Gasteiger partial charge in [-0.2, -0.15) is 0 Å². The van der Waals surface area contributed by atoms with Gasteiger partial charge >= 0.3 is 0 Å². The molecule has 3 heterocycles. The first-order valence-electron chi connectivity index (χ1n) is 10.7. The third kappa shape index (κ3) is 4.48. The summed E-state index contributed by atoms with van der Waals surface area (Å²) in [5, 5.41) is 12.5. The molecule has 1 amide bonds. The van der Waals surface area contributed by atoms with Gasteiger partial charge in [0.25, 0.3) is 5.91 Å². The molecule has 166 valence electrons. The number of aliphatic hydroxyl groups is 1. The fourth-order valence-electron chi connectivity index (χ4n) is 3.79. The van der Waals surface area contributed by atoms with Crippen LogP contribution in [0.15, 0.2) is 75.9 Å². The zero-order chi connectivity index (χ0) is 22.5. The van der Waals surface area contributed by atoms with E-state index in [-0.39, 0.29) is 17.9 Å². The van der Waals surface area contributed by atoms with Crippen molar-refractivity contribution in [1.29, 1.82) is 0 Å². The van der Waals surface area contributed by atoms with Crippen LogP contribution in [0, 0.1) is 0 Å². The van der Waals surface area contributed by atoms with Gasteiger partial charge in [-0.3, -0.25) is 9.59 Å². The van der Waals surface area contributed by atoms with E-state index in [0.29, 0.717) is 17.2 Å². The van der Waals surface area contributed by atoms with Crippen LogP contribution >= 0.6 is 11.3 Å². The number of Topliss-reactive ketones (excluding diaryl/α,β-unsaturated/α-hetero) is 1. The zero-order valence-electron chi connectivity index (χ0n) is 17.8. The minimum Gasteiger partial charge on any atom is -0.503 e. The van der Waals surface area contributed by atoms with Crippen molar-refractivity contribution in [2.45, 2.75) is 38.8 Å². The highest BCUT2D eigenvalue weighted by atomic mass is 32.1. The summed E-state index contributed by atoms with van der Waals surface area (Å²) in [7, 11) is 0. The fraction of sp³-hybridized carbons (Fsp3) is 0.280. The van der Waals surface area contributed by atoms with Gasteiger partial charge in [0.1, 0.15) is 11.5 Å². The summed E-state index contributed by atoms with van der Waals surface area (Å²) >= 11 is 1.28. The number of carbonyl (C=O) groups is 2. The van der Waals surface area contributed by atoms with E-state index in [1.54, 1.807) is 29.6 Å². The van der Waals surface area contributed by atoms with Crippen LogP contribution in [0.1, 0.15) is 53.2 Å². The van der Waals surface area contributed by atoms with Gasteiger partial charge in [0.15, 0.2) is 5.76 Å². The monoisotopic (exact) mass is 451 g/mol. The maximum atomic E-state index is 13.2. The number of amides is 1. The number of hydrogen-bond acceptors (Lipinski definition) is 6. The first-order valence-corrected chi connectivity index (χ1v) is 11.6. The quantitative estimate of drug-likeness (QED) is 0.316. The zero-order valence-corrected chi connectivity index (χ0v) is 18.6. The van der Waals surface area contributed by atoms with E-state index in [4.69, 9.17) is 9.15 Å². The maximum Gasteiger partial charge on any atom is 0.290 e. The standard InChI is InChI=1S/C25H25NO5S/c1-2-3-4-13-30-18-11-9-17(10-12-18)22-21(23(27)20-8-6-15-32-20)24(28)25(29)26(22)16-19-7-5-14-31-19/h5-12,14-15,22,28H,2-4,13,16H2,1H3. The minimum absolute atomic E-state index is 0.0839. The Kier molecular flexibility index (Phi) is 6.75. The van der Waals surface area contributed by atoms with Gasteiger partial charge in [-0.25, -0.2) is 0 Å². The summed E-state index contributed by atoms with van der Waals surface area (Å²) in [6, 6.07) is 13.6. The molecule has 1 aliphatic heterocycles. The van der Waals surface area contributed by atoms with E-state index in [1.165, 1.54) is 22.5 Å². The molecule has 32 heavy (non-hydrogen) atoms. The van der Waals surface area contributed by atoms with Crippen LogP contribution in [0.2, 0.25) is 0 Å². The van der Waals surface area contributed by atoms with Crippen LogP contribution in [-0.2, 0) is 11.3 Å². The number of unbranched alkanes of at least 4 members (excludes halogenated alkanes) is 2. The van der Waals surface area contributed by atoms with Crippen molar-refractivity contribution >= 4 is 23.0 Å². The molecule has 2 aromatic heterocycles. The normalized spacial score (nSPS) is 16.1. The summed E-state index contributed by atoms with van der Waals surface area (Å²) in [5.74, 6) is -0.160. The molecule has 1 atom stereocenters. The number of rotatable bonds is 10. The number of thiophene rings is 1. The van der Waals surface area contributed by atoms with E-state index in [2.05, 4.69) is 6.92 Å². The smallest absolute Gasteiger partial charge is 0.290 e. The molecule has 0 radical (unpaired) electrons. The first-order chi connectivity index (χ1) is 15.6. The number of nitrogens with zero attached hydrogens (tertiary/aromatic N) is 1. The Bertz CT molecular complexity index is 1080. The van der Waals surface area contributed by atoms with Gasteiger partial charge in [-0.05, 0) is 47.7 Å². The van der Waals surface area contributed by atoms with Crippen molar-refractivity contribution < 1.29 is 23.8 Å². The van der Waals surface area contributed by atoms with Crippen molar-refractivity contribution in [2.75, 3.05) is 6.61 Å². The Hall–Kier alpha value is -3.32. The average molecular weight is 452 g/mol. The molecule has 0 saturated heterocycles. The summed E-state index contributed by atoms with van der Waals surface area (Å²) in [4.78, 5) is 28.1. The molecule has 1 aromatic carbocycles. The van der Waals surface area contributed by atoms with Gasteiger partial charge in [0, 0.05) is 0 Å². The Balaban J connectivity index is 1.65. The number of benzene rings is 1. The Morgan fingerprint density at radius 2 is 1.97 bits per heavy atom. The maximum absolute atomic E-state index is 13.2. The SMILES string of the molecule is CCCCCOc1ccc(C2C(C(=O)c3cccs3)=C(O)C(=O)N2Cc2ccco2)cc1. The first kappa shape index (κ1) is 21.9. The molecule has 3 aromatic rings. The van der Waals surface area contributed by atoms with Crippen molar-refractivity contribution in [1.82, 2.24) is 4.90 Å². The number of hydrogen-bond donors (Lipinski definition) is 1. The summed E-state index contributed by atoms with van der Waals surface area (Å²) in [5.41, 5.74) is 0.801. The minimum atomic E-state index is -0.726. The van der Waals surface area contributed by atoms with Crippen LogP contribution in [0.3, 0.4) is 0 Å². The van der Waals surface area contributed by atoms with E-state index in [9.17, 15) is 14.7 Å². The summed E-state index contributed by atoms with van der Waals surface area (Å²) in [6.07, 6.45) is 4.76. The summed E-state index contributed by atoms with van der Waals surface area (Å²) < 4.78 is 11.2. The molecule has 0 saturated carbocycles. The molecular formula is C25H25NO5S. The van der Waals surface area contributed by atoms with E-state index >= 15 is 0 Å². The molecule has 0 aliphatic carbocycles. The molecule has 1 unspecified atom stereocenters. The second-order valence-electron chi connectivity index (χ2n) is 7.61. The topological polar surface area (TPSA) is 80.0 Å². The lowest BCUT2D eigenvalue weighted by Crippen LogP contribution is -2.30. The van der Waals surface area contributed by atoms with Gasteiger partial charge in [-0.1, -0.05) is 38.0 Å². The molecular weight excluding hydrogens is 426 g/mol. The van der Waals surface area contributed by atoms with Crippen molar-refractivity contribution in [2.24, 2.45) is 0 Å². The predicted molar refractivity (Wildman–Crippen MR) is 122 cm³/mol. The predicted octanol–water partition coefficient (Wildman–Crippen LogP) is 5.69. The molecule has 0 fully saturated rings. The van der Waals surface area contributed by atoms with Crippen LogP contribution < -0.4 is 4.74 Å². The van der Waals surface area contributed by atoms with E-state index in [1.807, 2.05) is 24.3 Å². The van der Waals surface area contributed by atoms with Crippen molar-refractivity contribution in [3.05, 3.63) is 87.7 Å². The fourth-order valence-corrected chi connectivity index (χ4v) is 4.47. The Morgan fingerprint density at radius 1 is 1.16 bits per heavy atom. The number of ether oxygens (including phenoxy) is 1. The van der Waals surface area contributed by atoms with Crippen LogP contribution in [-0.4, -0.2) is 28.3 Å². The Morgan fingerprint density at radius 3 is 2.62 bits per heavy atom. The van der Waals surface area contributed by atoms with Crippen LogP contribution in [0.5, 0.6) is 5.75 Å². The van der Waals surface area contributed by atoms with Gasteiger partial charge in [0.05, 0.1) is 35.9 Å². The lowest BCUT2D eigenvalue weighted by atomic mass is 9.95. The lowest BCUT2D eigenvalue weighted by molar-refractivity contribution is -0.130. The number of carbonyl (C=O) groups excluding carboxylic acids is 2. The molecule has 1 aliphatic rings.